The smallest absolute Gasteiger partial charge is 0.123 e. The highest BCUT2D eigenvalue weighted by Crippen LogP contribution is 2.36. The molecule has 0 atom stereocenters. The van der Waals surface area contributed by atoms with E-state index in [-0.39, 0.29) is 11.6 Å². The van der Waals surface area contributed by atoms with E-state index in [0.29, 0.717) is 0 Å². The molecule has 0 fully saturated rings. The van der Waals surface area contributed by atoms with Gasteiger partial charge in [0.2, 0.25) is 0 Å². The fourth-order valence-corrected chi connectivity index (χ4v) is 4.19. The van der Waals surface area contributed by atoms with Gasteiger partial charge in [0, 0.05) is 36.4 Å². The summed E-state index contributed by atoms with van der Waals surface area (Å²) in [6.45, 7) is 2.55. The van der Waals surface area contributed by atoms with Gasteiger partial charge in [-0.2, -0.15) is 0 Å². The molecule has 4 aromatic rings. The van der Waals surface area contributed by atoms with Crippen molar-refractivity contribution in [2.24, 2.45) is 0 Å². The van der Waals surface area contributed by atoms with Crippen molar-refractivity contribution >= 4 is 10.9 Å². The first kappa shape index (κ1) is 17.1. The van der Waals surface area contributed by atoms with Gasteiger partial charge < -0.3 is 4.57 Å². The van der Waals surface area contributed by atoms with E-state index in [9.17, 15) is 8.78 Å². The van der Waals surface area contributed by atoms with E-state index in [1.54, 1.807) is 18.2 Å². The van der Waals surface area contributed by atoms with Gasteiger partial charge in [-0.05, 0) is 60.0 Å². The Labute approximate surface area is 162 Å². The predicted molar refractivity (Wildman–Crippen MR) is 107 cm³/mol. The van der Waals surface area contributed by atoms with Gasteiger partial charge >= 0.3 is 0 Å². The number of rotatable bonds is 4. The molecule has 1 aliphatic heterocycles. The lowest BCUT2D eigenvalue weighted by atomic mass is 10.1. The molecule has 0 radical (unpaired) electrons. The molecule has 0 saturated heterocycles. The van der Waals surface area contributed by atoms with Crippen LogP contribution in [0.25, 0.3) is 16.6 Å². The fourth-order valence-electron chi connectivity index (χ4n) is 4.19. The lowest BCUT2D eigenvalue weighted by Gasteiger charge is -2.17. The Morgan fingerprint density at radius 2 is 1.54 bits per heavy atom. The summed E-state index contributed by atoms with van der Waals surface area (Å²) in [5.74, 6) is -0.485. The highest BCUT2D eigenvalue weighted by atomic mass is 19.1. The summed E-state index contributed by atoms with van der Waals surface area (Å²) in [4.78, 5) is 2.39. The highest BCUT2D eigenvalue weighted by Gasteiger charge is 2.27. The molecule has 0 unspecified atom stereocenters. The van der Waals surface area contributed by atoms with Crippen LogP contribution in [0.3, 0.4) is 0 Å². The molecule has 0 amide bonds. The van der Waals surface area contributed by atoms with Crippen LogP contribution in [-0.4, -0.2) is 16.0 Å². The highest BCUT2D eigenvalue weighted by molar-refractivity contribution is 5.88. The number of hydrogen-bond donors (Lipinski definition) is 0. The van der Waals surface area contributed by atoms with Crippen LogP contribution >= 0.6 is 0 Å². The molecule has 2 heterocycles. The zero-order valence-electron chi connectivity index (χ0n) is 15.4. The molecule has 5 rings (SSSR count). The van der Waals surface area contributed by atoms with Crippen molar-refractivity contribution in [2.45, 2.75) is 19.5 Å². The average molecular weight is 374 g/mol. The minimum atomic E-state index is -0.257. The van der Waals surface area contributed by atoms with E-state index in [2.05, 4.69) is 33.7 Å². The third-order valence-electron chi connectivity index (χ3n) is 5.54. The molecule has 1 aliphatic rings. The fraction of sp³-hybridized carbons (Fsp3) is 0.167. The van der Waals surface area contributed by atoms with Crippen LogP contribution in [-0.2, 0) is 19.5 Å². The van der Waals surface area contributed by atoms with Crippen LogP contribution in [0.1, 0.15) is 16.8 Å². The maximum Gasteiger partial charge on any atom is 0.123 e. The maximum absolute atomic E-state index is 14.0. The minimum absolute atomic E-state index is 0.228. The van der Waals surface area contributed by atoms with Gasteiger partial charge in [-0.3, -0.25) is 4.90 Å². The van der Waals surface area contributed by atoms with Crippen molar-refractivity contribution in [1.29, 1.82) is 0 Å². The van der Waals surface area contributed by atoms with Crippen LogP contribution in [0.15, 0.2) is 72.8 Å². The molecule has 0 N–H and O–H groups in total. The van der Waals surface area contributed by atoms with Crippen LogP contribution in [0.2, 0.25) is 0 Å². The lowest BCUT2D eigenvalue weighted by Crippen LogP contribution is -2.20. The third-order valence-corrected chi connectivity index (χ3v) is 5.54. The average Bonchev–Trinajstić information content (AvgIpc) is 3.25. The number of halogens is 2. The SMILES string of the molecule is Fc1ccc(-n2c3c(c4cc(F)ccc42)CN(CCc2ccccc2)C3)cc1. The molecule has 0 aliphatic carbocycles. The Morgan fingerprint density at radius 3 is 2.32 bits per heavy atom. The molecule has 0 spiro atoms. The van der Waals surface area contributed by atoms with Crippen LogP contribution in [0, 0.1) is 11.6 Å². The molecular weight excluding hydrogens is 354 g/mol. The first-order valence-corrected chi connectivity index (χ1v) is 9.53. The van der Waals surface area contributed by atoms with Gasteiger partial charge in [-0.25, -0.2) is 8.78 Å². The van der Waals surface area contributed by atoms with Crippen LogP contribution in [0.4, 0.5) is 8.78 Å². The van der Waals surface area contributed by atoms with Crippen molar-refractivity contribution in [2.75, 3.05) is 6.54 Å². The molecule has 1 aromatic heterocycles. The van der Waals surface area contributed by atoms with Gasteiger partial charge in [-0.15, -0.1) is 0 Å². The normalized spacial score (nSPS) is 13.9. The van der Waals surface area contributed by atoms with Gasteiger partial charge in [0.15, 0.2) is 0 Å². The summed E-state index contributed by atoms with van der Waals surface area (Å²) in [6, 6.07) is 21.9. The van der Waals surface area contributed by atoms with Gasteiger partial charge in [0.1, 0.15) is 11.6 Å². The van der Waals surface area contributed by atoms with Crippen molar-refractivity contribution in [3.63, 3.8) is 0 Å². The van der Waals surface area contributed by atoms with Crippen LogP contribution in [0.5, 0.6) is 0 Å². The first-order chi connectivity index (χ1) is 13.7. The van der Waals surface area contributed by atoms with Crippen molar-refractivity contribution in [1.82, 2.24) is 9.47 Å². The Kier molecular flexibility index (Phi) is 4.21. The molecule has 140 valence electrons. The molecule has 4 heteroatoms. The van der Waals surface area contributed by atoms with Gasteiger partial charge in [0.25, 0.3) is 0 Å². The standard InChI is InChI=1S/C24H20F2N2/c25-18-6-9-20(10-7-18)28-23-11-8-19(26)14-21(23)22-15-27(16-24(22)28)13-12-17-4-2-1-3-5-17/h1-11,14H,12-13,15-16H2. The molecule has 28 heavy (non-hydrogen) atoms. The van der Waals surface area contributed by atoms with Gasteiger partial charge in [-0.1, -0.05) is 30.3 Å². The Bertz CT molecular complexity index is 1130. The lowest BCUT2D eigenvalue weighted by molar-refractivity contribution is 0.285. The van der Waals surface area contributed by atoms with Gasteiger partial charge in [0.05, 0.1) is 5.52 Å². The number of hydrogen-bond acceptors (Lipinski definition) is 1. The van der Waals surface area contributed by atoms with Crippen molar-refractivity contribution < 1.29 is 8.78 Å². The second kappa shape index (κ2) is 6.88. The zero-order chi connectivity index (χ0) is 19.1. The second-order valence-corrected chi connectivity index (χ2v) is 7.34. The molecule has 0 saturated carbocycles. The van der Waals surface area contributed by atoms with E-state index in [1.165, 1.54) is 35.0 Å². The molecule has 3 aromatic carbocycles. The monoisotopic (exact) mass is 374 g/mol. The number of benzene rings is 3. The van der Waals surface area contributed by atoms with Crippen LogP contribution < -0.4 is 0 Å². The zero-order valence-corrected chi connectivity index (χ0v) is 15.4. The first-order valence-electron chi connectivity index (χ1n) is 9.53. The molecular formula is C24H20F2N2. The Hall–Kier alpha value is -2.98. The van der Waals surface area contributed by atoms with E-state index in [0.717, 1.165) is 42.6 Å². The summed E-state index contributed by atoms with van der Waals surface area (Å²) < 4.78 is 29.5. The summed E-state index contributed by atoms with van der Waals surface area (Å²) in [5, 5.41) is 0.946. The second-order valence-electron chi connectivity index (χ2n) is 7.34. The summed E-state index contributed by atoms with van der Waals surface area (Å²) in [7, 11) is 0. The number of fused-ring (bicyclic) bond motifs is 3. The minimum Gasteiger partial charge on any atom is -0.312 e. The van der Waals surface area contributed by atoms with Crippen molar-refractivity contribution in [3.8, 4) is 5.69 Å². The topological polar surface area (TPSA) is 8.17 Å². The third kappa shape index (κ3) is 3.00. The van der Waals surface area contributed by atoms with E-state index >= 15 is 0 Å². The molecule has 0 bridgehead atoms. The van der Waals surface area contributed by atoms with E-state index < -0.39 is 0 Å². The maximum atomic E-state index is 14.0. The molecule has 2 nitrogen and oxygen atoms in total. The Balaban J connectivity index is 1.51. The summed E-state index contributed by atoms with van der Waals surface area (Å²) in [5.41, 5.74) is 5.54. The van der Waals surface area contributed by atoms with E-state index in [1.807, 2.05) is 12.1 Å². The van der Waals surface area contributed by atoms with Crippen molar-refractivity contribution in [3.05, 3.63) is 101 Å². The summed E-state index contributed by atoms with van der Waals surface area (Å²) in [6.07, 6.45) is 0.980. The summed E-state index contributed by atoms with van der Waals surface area (Å²) >= 11 is 0. The predicted octanol–water partition coefficient (Wildman–Crippen LogP) is 5.47. The Morgan fingerprint density at radius 1 is 0.786 bits per heavy atom. The number of aromatic nitrogens is 1. The largest absolute Gasteiger partial charge is 0.312 e. The number of nitrogens with zero attached hydrogens (tertiary/aromatic N) is 2. The quantitative estimate of drug-likeness (QED) is 0.460. The van der Waals surface area contributed by atoms with E-state index in [4.69, 9.17) is 0 Å².